The van der Waals surface area contributed by atoms with Crippen LogP contribution in [0.3, 0.4) is 0 Å². The molecule has 4 rings (SSSR count). The Hall–Kier alpha value is -3.40. The summed E-state index contributed by atoms with van der Waals surface area (Å²) in [4.78, 5) is 16.9. The van der Waals surface area contributed by atoms with Crippen molar-refractivity contribution in [1.82, 2.24) is 24.5 Å². The number of aryl methyl sites for hydroxylation is 3. The number of pyridine rings is 1. The fraction of sp³-hybridized carbons (Fsp3) is 0.273. The molecule has 0 unspecified atom stereocenters. The van der Waals surface area contributed by atoms with Gasteiger partial charge in [0.05, 0.1) is 17.6 Å². The zero-order valence-corrected chi connectivity index (χ0v) is 18.8. The number of amides is 1. The molecule has 4 aromatic rings. The number of aromatic nitrogens is 5. The van der Waals surface area contributed by atoms with Crippen molar-refractivity contribution in [3.8, 4) is 0 Å². The lowest BCUT2D eigenvalue weighted by Crippen LogP contribution is -2.20. The summed E-state index contributed by atoms with van der Waals surface area (Å²) >= 11 is 6.09. The largest absolute Gasteiger partial charge is 0.308 e. The third kappa shape index (κ3) is 4.56. The minimum absolute atomic E-state index is 0.0931. The van der Waals surface area contributed by atoms with Crippen molar-refractivity contribution in [3.63, 3.8) is 0 Å². The Morgan fingerprint density at radius 1 is 1.15 bits per heavy atom. The second-order valence-corrected chi connectivity index (χ2v) is 8.08. The lowest BCUT2D eigenvalue weighted by Gasteiger charge is -2.08. The third-order valence-corrected chi connectivity index (χ3v) is 5.54. The fourth-order valence-electron chi connectivity index (χ4n) is 3.68. The minimum Gasteiger partial charge on any atom is -0.308 e. The zero-order chi connectivity index (χ0) is 23.9. The molecule has 0 saturated carbocycles. The molecule has 0 saturated heterocycles. The van der Waals surface area contributed by atoms with Gasteiger partial charge >= 0.3 is 0 Å². The number of nitrogens with zero attached hydrogens (tertiary/aromatic N) is 5. The van der Waals surface area contributed by atoms with E-state index < -0.39 is 18.1 Å². The first-order chi connectivity index (χ1) is 15.6. The summed E-state index contributed by atoms with van der Waals surface area (Å²) in [6.45, 7) is 4.82. The highest BCUT2D eigenvalue weighted by atomic mass is 35.5. The van der Waals surface area contributed by atoms with E-state index in [-0.39, 0.29) is 46.1 Å². The zero-order valence-electron chi connectivity index (χ0n) is 18.0. The molecule has 3 heterocycles. The van der Waals surface area contributed by atoms with Crippen LogP contribution in [0.15, 0.2) is 30.3 Å². The number of halogens is 4. The fourth-order valence-corrected chi connectivity index (χ4v) is 3.91. The van der Waals surface area contributed by atoms with E-state index in [1.54, 1.807) is 32.9 Å². The molecular formula is C22H20ClF3N6O. The number of hydrogen-bond acceptors (Lipinski definition) is 4. The molecule has 0 aliphatic rings. The Balaban J connectivity index is 1.55. The van der Waals surface area contributed by atoms with E-state index >= 15 is 0 Å². The third-order valence-electron chi connectivity index (χ3n) is 5.18. The van der Waals surface area contributed by atoms with E-state index in [1.165, 1.54) is 27.6 Å². The summed E-state index contributed by atoms with van der Waals surface area (Å²) in [5.74, 6) is -0.652. The average Bonchev–Trinajstić information content (AvgIpc) is 3.22. The number of nitrogens with one attached hydrogen (secondary N) is 1. The highest BCUT2D eigenvalue weighted by Gasteiger charge is 2.21. The Kier molecular flexibility index (Phi) is 6.11. The minimum atomic E-state index is -2.69. The van der Waals surface area contributed by atoms with Gasteiger partial charge in [0.15, 0.2) is 11.5 Å². The normalized spacial score (nSPS) is 11.5. The van der Waals surface area contributed by atoms with Gasteiger partial charge in [0, 0.05) is 33.6 Å². The van der Waals surface area contributed by atoms with Crippen molar-refractivity contribution in [2.24, 2.45) is 0 Å². The van der Waals surface area contributed by atoms with Gasteiger partial charge in [-0.15, -0.1) is 0 Å². The van der Waals surface area contributed by atoms with Crippen LogP contribution < -0.4 is 5.32 Å². The smallest absolute Gasteiger partial charge is 0.264 e. The van der Waals surface area contributed by atoms with E-state index in [2.05, 4.69) is 20.5 Å². The molecule has 33 heavy (non-hydrogen) atoms. The topological polar surface area (TPSA) is 77.6 Å². The summed E-state index contributed by atoms with van der Waals surface area (Å²) in [6.07, 6.45) is -2.69. The van der Waals surface area contributed by atoms with Crippen LogP contribution in [0.1, 0.15) is 34.6 Å². The molecule has 1 N–H and O–H groups in total. The number of fused-ring (bicyclic) bond motifs is 1. The average molecular weight is 477 g/mol. The molecule has 0 radical (unpaired) electrons. The Labute approximate surface area is 192 Å². The Morgan fingerprint density at radius 3 is 2.61 bits per heavy atom. The van der Waals surface area contributed by atoms with E-state index in [0.29, 0.717) is 17.1 Å². The number of benzene rings is 1. The number of hydrogen-bond donors (Lipinski definition) is 1. The summed E-state index contributed by atoms with van der Waals surface area (Å²) in [6, 6.07) is 7.38. The maximum absolute atomic E-state index is 14.1. The molecule has 11 heteroatoms. The van der Waals surface area contributed by atoms with Crippen LogP contribution in [-0.2, 0) is 17.9 Å². The number of anilines is 1. The first-order valence-electron chi connectivity index (χ1n) is 10.0. The molecule has 0 spiro atoms. The lowest BCUT2D eigenvalue weighted by atomic mass is 10.1. The van der Waals surface area contributed by atoms with Gasteiger partial charge in [-0.05, 0) is 39.0 Å². The van der Waals surface area contributed by atoms with Crippen LogP contribution in [0.4, 0.5) is 19.0 Å². The van der Waals surface area contributed by atoms with Crippen LogP contribution >= 0.6 is 11.6 Å². The van der Waals surface area contributed by atoms with Gasteiger partial charge in [0.2, 0.25) is 5.91 Å². The van der Waals surface area contributed by atoms with Gasteiger partial charge in [0.1, 0.15) is 12.4 Å². The number of carbonyl (C=O) groups excluding carboxylic acids is 1. The first kappa shape index (κ1) is 22.8. The van der Waals surface area contributed by atoms with Gasteiger partial charge in [-0.25, -0.2) is 22.8 Å². The first-order valence-corrected chi connectivity index (χ1v) is 10.4. The Morgan fingerprint density at radius 2 is 1.91 bits per heavy atom. The van der Waals surface area contributed by atoms with Crippen LogP contribution in [0.2, 0.25) is 5.02 Å². The number of alkyl halides is 2. The second kappa shape index (κ2) is 8.86. The van der Waals surface area contributed by atoms with Gasteiger partial charge in [-0.3, -0.25) is 9.48 Å². The van der Waals surface area contributed by atoms with E-state index in [4.69, 9.17) is 11.6 Å². The maximum Gasteiger partial charge on any atom is 0.264 e. The van der Waals surface area contributed by atoms with Crippen molar-refractivity contribution < 1.29 is 18.0 Å². The van der Waals surface area contributed by atoms with E-state index in [0.717, 1.165) is 0 Å². The molecule has 172 valence electrons. The quantitative estimate of drug-likeness (QED) is 0.426. The monoisotopic (exact) mass is 476 g/mol. The Bertz CT molecular complexity index is 1340. The van der Waals surface area contributed by atoms with Gasteiger partial charge in [-0.2, -0.15) is 10.2 Å². The molecular weight excluding hydrogens is 457 g/mol. The molecule has 0 atom stereocenters. The lowest BCUT2D eigenvalue weighted by molar-refractivity contribution is -0.116. The van der Waals surface area contributed by atoms with Crippen molar-refractivity contribution in [2.45, 2.75) is 40.3 Å². The summed E-state index contributed by atoms with van der Waals surface area (Å²) in [5.41, 5.74) is 1.79. The van der Waals surface area contributed by atoms with Crippen LogP contribution in [0.5, 0.6) is 0 Å². The van der Waals surface area contributed by atoms with E-state index in [9.17, 15) is 18.0 Å². The summed E-state index contributed by atoms with van der Waals surface area (Å²) in [7, 11) is 0. The molecule has 0 bridgehead atoms. The predicted octanol–water partition coefficient (Wildman–Crippen LogP) is 4.97. The SMILES string of the molecule is Cc1cc(C(F)F)c2c(C)nn(CC(=O)Nc3cc(C)n(Cc4c(F)cccc4Cl)n3)c2n1. The maximum atomic E-state index is 14.1. The van der Waals surface area contributed by atoms with Gasteiger partial charge < -0.3 is 5.32 Å². The summed E-state index contributed by atoms with van der Waals surface area (Å²) in [5, 5.41) is 11.7. The number of carbonyl (C=O) groups is 1. The molecule has 0 fully saturated rings. The summed E-state index contributed by atoms with van der Waals surface area (Å²) < 4.78 is 43.9. The highest BCUT2D eigenvalue weighted by Crippen LogP contribution is 2.30. The van der Waals surface area contributed by atoms with Crippen LogP contribution in [0.25, 0.3) is 11.0 Å². The predicted molar refractivity (Wildman–Crippen MR) is 118 cm³/mol. The van der Waals surface area contributed by atoms with Crippen molar-refractivity contribution in [3.05, 3.63) is 69.4 Å². The molecule has 3 aromatic heterocycles. The van der Waals surface area contributed by atoms with Gasteiger partial charge in [-0.1, -0.05) is 17.7 Å². The molecule has 1 amide bonds. The second-order valence-electron chi connectivity index (χ2n) is 7.67. The van der Waals surface area contributed by atoms with E-state index in [1.807, 2.05) is 0 Å². The van der Waals surface area contributed by atoms with Crippen molar-refractivity contribution >= 4 is 34.4 Å². The molecule has 0 aliphatic carbocycles. The van der Waals surface area contributed by atoms with Crippen LogP contribution in [0, 0.1) is 26.6 Å². The van der Waals surface area contributed by atoms with Crippen molar-refractivity contribution in [2.75, 3.05) is 5.32 Å². The van der Waals surface area contributed by atoms with Crippen LogP contribution in [-0.4, -0.2) is 30.5 Å². The molecule has 1 aromatic carbocycles. The van der Waals surface area contributed by atoms with Gasteiger partial charge in [0.25, 0.3) is 6.43 Å². The molecule has 0 aliphatic heterocycles. The number of rotatable bonds is 6. The highest BCUT2D eigenvalue weighted by molar-refractivity contribution is 6.31. The molecule has 7 nitrogen and oxygen atoms in total. The standard InChI is InChI=1S/C22H20ClF3N6O/c1-11-7-14(21(25)26)20-13(3)29-32(22(20)27-11)10-19(33)28-18-8-12(2)31(30-18)9-15-16(23)5-4-6-17(15)24/h4-8,21H,9-10H2,1-3H3,(H,28,30,33). The van der Waals surface area contributed by atoms with Crippen molar-refractivity contribution in [1.29, 1.82) is 0 Å².